The molecule has 0 saturated carbocycles. The van der Waals surface area contributed by atoms with Crippen molar-refractivity contribution < 1.29 is 4.52 Å². The fourth-order valence-corrected chi connectivity index (χ4v) is 1.20. The maximum Gasteiger partial charge on any atom is 0.321 e. The molecule has 0 aliphatic carbocycles. The van der Waals surface area contributed by atoms with Gasteiger partial charge in [-0.15, -0.1) is 0 Å². The normalized spacial score (nSPS) is 10.5. The lowest BCUT2D eigenvalue weighted by atomic mass is 10.4. The fourth-order valence-electron chi connectivity index (χ4n) is 1.20. The second kappa shape index (κ2) is 4.12. The Hall–Kier alpha value is -1.85. The van der Waals surface area contributed by atoms with Gasteiger partial charge in [0.2, 0.25) is 5.82 Å². The molecule has 0 saturated heterocycles. The average molecular weight is 207 g/mol. The highest BCUT2D eigenvalue weighted by Crippen LogP contribution is 2.15. The zero-order chi connectivity index (χ0) is 10.7. The lowest BCUT2D eigenvalue weighted by molar-refractivity contribution is 0.431. The number of rotatable bonds is 4. The molecule has 0 amide bonds. The Balaban J connectivity index is 2.17. The van der Waals surface area contributed by atoms with Crippen molar-refractivity contribution >= 4 is 6.01 Å². The van der Waals surface area contributed by atoms with Gasteiger partial charge in [-0.25, -0.2) is 4.98 Å². The summed E-state index contributed by atoms with van der Waals surface area (Å²) in [5, 5.41) is 6.89. The van der Waals surface area contributed by atoms with Crippen molar-refractivity contribution in [3.63, 3.8) is 0 Å². The summed E-state index contributed by atoms with van der Waals surface area (Å²) in [6.07, 6.45) is 4.42. The van der Waals surface area contributed by atoms with Crippen molar-refractivity contribution in [1.29, 1.82) is 0 Å². The molecule has 0 radical (unpaired) electrons. The van der Waals surface area contributed by atoms with Gasteiger partial charge < -0.3 is 14.4 Å². The minimum absolute atomic E-state index is 0.452. The number of imidazole rings is 1. The minimum atomic E-state index is 0.452. The van der Waals surface area contributed by atoms with Gasteiger partial charge in [-0.3, -0.25) is 0 Å². The van der Waals surface area contributed by atoms with Crippen molar-refractivity contribution in [1.82, 2.24) is 19.7 Å². The van der Waals surface area contributed by atoms with Crippen LogP contribution in [0.2, 0.25) is 0 Å². The van der Waals surface area contributed by atoms with E-state index in [0.717, 1.165) is 18.7 Å². The summed E-state index contributed by atoms with van der Waals surface area (Å²) in [5.74, 6) is 0.550. The Morgan fingerprint density at radius 2 is 2.40 bits per heavy atom. The van der Waals surface area contributed by atoms with Gasteiger partial charge in [0, 0.05) is 13.6 Å². The smallest absolute Gasteiger partial charge is 0.321 e. The van der Waals surface area contributed by atoms with Gasteiger partial charge in [0.15, 0.2) is 0 Å². The summed E-state index contributed by atoms with van der Waals surface area (Å²) < 4.78 is 6.87. The number of hydrogen-bond acceptors (Lipinski definition) is 5. The topological polar surface area (TPSA) is 68.8 Å². The zero-order valence-electron chi connectivity index (χ0n) is 8.77. The maximum atomic E-state index is 5.03. The average Bonchev–Trinajstić information content (AvgIpc) is 2.83. The molecule has 0 aliphatic rings. The van der Waals surface area contributed by atoms with E-state index in [1.54, 1.807) is 12.5 Å². The molecular formula is C9H13N5O. The molecular weight excluding hydrogens is 194 g/mol. The van der Waals surface area contributed by atoms with E-state index in [1.165, 1.54) is 0 Å². The highest BCUT2D eigenvalue weighted by atomic mass is 16.5. The lowest BCUT2D eigenvalue weighted by Gasteiger charge is -1.94. The highest BCUT2D eigenvalue weighted by molar-refractivity contribution is 5.49. The number of nitrogens with zero attached hydrogens (tertiary/aromatic N) is 4. The Kier molecular flexibility index (Phi) is 2.66. The van der Waals surface area contributed by atoms with Gasteiger partial charge in [-0.1, -0.05) is 12.1 Å². The molecule has 0 fully saturated rings. The van der Waals surface area contributed by atoms with Crippen molar-refractivity contribution in [3.05, 3.63) is 12.5 Å². The predicted octanol–water partition coefficient (Wildman–Crippen LogP) is 1.29. The molecule has 6 heteroatoms. The monoisotopic (exact) mass is 207 g/mol. The van der Waals surface area contributed by atoms with E-state index < -0.39 is 0 Å². The van der Waals surface area contributed by atoms with E-state index in [-0.39, 0.29) is 0 Å². The highest BCUT2D eigenvalue weighted by Gasteiger charge is 2.10. The van der Waals surface area contributed by atoms with E-state index in [4.69, 9.17) is 4.52 Å². The molecule has 15 heavy (non-hydrogen) atoms. The summed E-state index contributed by atoms with van der Waals surface area (Å²) in [7, 11) is 1.89. The van der Waals surface area contributed by atoms with Gasteiger partial charge in [0.1, 0.15) is 5.69 Å². The van der Waals surface area contributed by atoms with Gasteiger partial charge in [0.25, 0.3) is 0 Å². The van der Waals surface area contributed by atoms with Crippen LogP contribution >= 0.6 is 0 Å². The van der Waals surface area contributed by atoms with Crippen molar-refractivity contribution in [3.8, 4) is 11.5 Å². The number of anilines is 1. The van der Waals surface area contributed by atoms with E-state index in [1.807, 2.05) is 11.6 Å². The van der Waals surface area contributed by atoms with E-state index >= 15 is 0 Å². The van der Waals surface area contributed by atoms with Crippen LogP contribution in [0.5, 0.6) is 0 Å². The molecule has 0 bridgehead atoms. The minimum Gasteiger partial charge on any atom is -0.338 e. The molecule has 6 nitrogen and oxygen atoms in total. The Bertz CT molecular complexity index is 433. The summed E-state index contributed by atoms with van der Waals surface area (Å²) in [5.41, 5.74) is 0.836. The van der Waals surface area contributed by atoms with Gasteiger partial charge in [-0.2, -0.15) is 4.98 Å². The summed E-state index contributed by atoms with van der Waals surface area (Å²) in [4.78, 5) is 8.19. The molecule has 1 N–H and O–H groups in total. The first-order valence-electron chi connectivity index (χ1n) is 4.85. The third-order valence-corrected chi connectivity index (χ3v) is 2.00. The van der Waals surface area contributed by atoms with Crippen LogP contribution in [0, 0.1) is 0 Å². The predicted molar refractivity (Wildman–Crippen MR) is 55.3 cm³/mol. The van der Waals surface area contributed by atoms with Gasteiger partial charge >= 0.3 is 6.01 Å². The number of aromatic nitrogens is 4. The first-order valence-corrected chi connectivity index (χ1v) is 4.85. The Morgan fingerprint density at radius 1 is 1.53 bits per heavy atom. The fraction of sp³-hybridized carbons (Fsp3) is 0.444. The van der Waals surface area contributed by atoms with Crippen LogP contribution in [0.3, 0.4) is 0 Å². The van der Waals surface area contributed by atoms with Crippen LogP contribution in [0.1, 0.15) is 13.3 Å². The summed E-state index contributed by atoms with van der Waals surface area (Å²) in [6.45, 7) is 2.90. The second-order valence-corrected chi connectivity index (χ2v) is 3.24. The first-order chi connectivity index (χ1) is 7.31. The summed E-state index contributed by atoms with van der Waals surface area (Å²) >= 11 is 0. The number of nitrogens with one attached hydrogen (secondary N) is 1. The lowest BCUT2D eigenvalue weighted by Crippen LogP contribution is -1.99. The van der Waals surface area contributed by atoms with Crippen LogP contribution in [0.25, 0.3) is 11.5 Å². The van der Waals surface area contributed by atoms with Gasteiger partial charge in [-0.05, 0) is 6.42 Å². The third-order valence-electron chi connectivity index (χ3n) is 2.00. The van der Waals surface area contributed by atoms with Crippen LogP contribution in [-0.4, -0.2) is 26.2 Å². The molecule has 0 aromatic carbocycles. The first kappa shape index (κ1) is 9.70. The second-order valence-electron chi connectivity index (χ2n) is 3.24. The van der Waals surface area contributed by atoms with Crippen LogP contribution in [0.15, 0.2) is 17.0 Å². The summed E-state index contributed by atoms with van der Waals surface area (Å²) in [6, 6.07) is 0.452. The molecule has 2 rings (SSSR count). The molecule has 0 atom stereocenters. The standard InChI is InChI=1S/C9H13N5O/c1-3-4-11-9-12-8(13-15-9)7-5-10-6-14(7)2/h5-6H,3-4H2,1-2H3,(H,11,12,13). The Morgan fingerprint density at radius 3 is 3.07 bits per heavy atom. The Labute approximate surface area is 87.3 Å². The third kappa shape index (κ3) is 1.98. The molecule has 2 heterocycles. The van der Waals surface area contributed by atoms with Crippen LogP contribution in [0.4, 0.5) is 6.01 Å². The van der Waals surface area contributed by atoms with Crippen molar-refractivity contribution in [2.24, 2.45) is 7.05 Å². The van der Waals surface area contributed by atoms with Crippen LogP contribution in [-0.2, 0) is 7.05 Å². The zero-order valence-corrected chi connectivity index (χ0v) is 8.77. The van der Waals surface area contributed by atoms with E-state index in [2.05, 4.69) is 27.4 Å². The SMILES string of the molecule is CCCNc1nc(-c2cncn2C)no1. The molecule has 0 spiro atoms. The molecule has 80 valence electrons. The van der Waals surface area contributed by atoms with Crippen molar-refractivity contribution in [2.45, 2.75) is 13.3 Å². The number of aryl methyl sites for hydroxylation is 1. The molecule has 0 unspecified atom stereocenters. The quantitative estimate of drug-likeness (QED) is 0.818. The van der Waals surface area contributed by atoms with E-state index in [0.29, 0.717) is 11.8 Å². The molecule has 2 aromatic rings. The largest absolute Gasteiger partial charge is 0.338 e. The maximum absolute atomic E-state index is 5.03. The molecule has 2 aromatic heterocycles. The van der Waals surface area contributed by atoms with Crippen molar-refractivity contribution in [2.75, 3.05) is 11.9 Å². The number of hydrogen-bond donors (Lipinski definition) is 1. The van der Waals surface area contributed by atoms with Gasteiger partial charge in [0.05, 0.1) is 12.5 Å². The van der Waals surface area contributed by atoms with E-state index in [9.17, 15) is 0 Å². The molecule has 0 aliphatic heterocycles. The van der Waals surface area contributed by atoms with Crippen LogP contribution < -0.4 is 5.32 Å².